The van der Waals surface area contributed by atoms with Crippen LogP contribution in [0.2, 0.25) is 0 Å². The predicted octanol–water partition coefficient (Wildman–Crippen LogP) is 4.38. The van der Waals surface area contributed by atoms with E-state index in [2.05, 4.69) is 4.98 Å². The summed E-state index contributed by atoms with van der Waals surface area (Å²) in [6.07, 6.45) is -2.81. The third kappa shape index (κ3) is 2.12. The number of fused-ring (bicyclic) bond motifs is 1. The summed E-state index contributed by atoms with van der Waals surface area (Å²) in [6.45, 7) is 3.50. The molecule has 0 aliphatic rings. The number of hydrogen-bond acceptors (Lipinski definition) is 1. The monoisotopic (exact) mass is 239 g/mol. The number of aromatic nitrogens is 1. The third-order valence-electron chi connectivity index (χ3n) is 2.70. The summed E-state index contributed by atoms with van der Waals surface area (Å²) in [5.74, 6) is -0.217. The Morgan fingerprint density at radius 2 is 1.82 bits per heavy atom. The molecule has 2 aromatic rings. The Morgan fingerprint density at radius 1 is 1.12 bits per heavy atom. The Hall–Kier alpha value is -1.58. The van der Waals surface area contributed by atoms with Crippen molar-refractivity contribution >= 4 is 10.9 Å². The lowest BCUT2D eigenvalue weighted by Gasteiger charge is -2.17. The van der Waals surface area contributed by atoms with Gasteiger partial charge in [0.2, 0.25) is 0 Å². The summed E-state index contributed by atoms with van der Waals surface area (Å²) in [7, 11) is 0. The molecular formula is C13H12F3N. The molecule has 0 saturated carbocycles. The minimum absolute atomic E-state index is 0.217. The Bertz CT molecular complexity index is 544. The van der Waals surface area contributed by atoms with Crippen molar-refractivity contribution in [3.05, 3.63) is 41.6 Å². The normalized spacial score (nSPS) is 12.4. The first-order valence-corrected chi connectivity index (χ1v) is 5.36. The second-order valence-electron chi connectivity index (χ2n) is 4.25. The molecule has 0 aliphatic heterocycles. The zero-order valence-corrected chi connectivity index (χ0v) is 9.55. The van der Waals surface area contributed by atoms with Crippen LogP contribution in [0.3, 0.4) is 0 Å². The van der Waals surface area contributed by atoms with E-state index in [-0.39, 0.29) is 11.5 Å². The van der Waals surface area contributed by atoms with Gasteiger partial charge in [-0.2, -0.15) is 13.2 Å². The van der Waals surface area contributed by atoms with E-state index in [9.17, 15) is 13.2 Å². The van der Waals surface area contributed by atoms with E-state index in [0.717, 1.165) is 11.5 Å². The van der Waals surface area contributed by atoms with Gasteiger partial charge in [0.25, 0.3) is 0 Å². The number of nitrogens with zero attached hydrogens (tertiary/aromatic N) is 1. The van der Waals surface area contributed by atoms with Crippen molar-refractivity contribution in [1.82, 2.24) is 4.98 Å². The molecule has 4 heteroatoms. The minimum Gasteiger partial charge on any atom is -0.256 e. The summed E-state index contributed by atoms with van der Waals surface area (Å²) in [5.41, 5.74) is 0.131. The summed E-state index contributed by atoms with van der Waals surface area (Å²) in [6, 6.07) is 6.10. The SMILES string of the molecule is CC(C)c1c(C(F)(F)F)ccc2cccnc12. The number of alkyl halides is 3. The second kappa shape index (κ2) is 4.02. The van der Waals surface area contributed by atoms with E-state index < -0.39 is 11.7 Å². The van der Waals surface area contributed by atoms with Crippen molar-refractivity contribution < 1.29 is 13.2 Å². The third-order valence-corrected chi connectivity index (χ3v) is 2.70. The first-order valence-electron chi connectivity index (χ1n) is 5.36. The van der Waals surface area contributed by atoms with Gasteiger partial charge in [0.15, 0.2) is 0 Å². The number of benzene rings is 1. The molecule has 0 spiro atoms. The Morgan fingerprint density at radius 3 is 2.41 bits per heavy atom. The number of rotatable bonds is 1. The smallest absolute Gasteiger partial charge is 0.256 e. The number of hydrogen-bond donors (Lipinski definition) is 0. The molecule has 0 aliphatic carbocycles. The van der Waals surface area contributed by atoms with Crippen LogP contribution in [0.1, 0.15) is 30.9 Å². The van der Waals surface area contributed by atoms with Gasteiger partial charge in [0, 0.05) is 11.6 Å². The van der Waals surface area contributed by atoms with E-state index in [4.69, 9.17) is 0 Å². The van der Waals surface area contributed by atoms with Gasteiger partial charge in [-0.15, -0.1) is 0 Å². The fourth-order valence-corrected chi connectivity index (χ4v) is 2.00. The van der Waals surface area contributed by atoms with Crippen LogP contribution >= 0.6 is 0 Å². The highest BCUT2D eigenvalue weighted by molar-refractivity contribution is 5.83. The van der Waals surface area contributed by atoms with Crippen LogP contribution in [0.25, 0.3) is 10.9 Å². The fourth-order valence-electron chi connectivity index (χ4n) is 2.00. The van der Waals surface area contributed by atoms with Crippen LogP contribution in [0.15, 0.2) is 30.5 Å². The molecule has 0 saturated heterocycles. The molecular weight excluding hydrogens is 227 g/mol. The minimum atomic E-state index is -4.33. The van der Waals surface area contributed by atoms with Gasteiger partial charge in [-0.05, 0) is 23.6 Å². The molecule has 0 N–H and O–H groups in total. The maximum atomic E-state index is 12.9. The summed E-state index contributed by atoms with van der Waals surface area (Å²) >= 11 is 0. The van der Waals surface area contributed by atoms with Crippen molar-refractivity contribution in [1.29, 1.82) is 0 Å². The Balaban J connectivity index is 2.82. The largest absolute Gasteiger partial charge is 0.416 e. The van der Waals surface area contributed by atoms with E-state index in [1.54, 1.807) is 26.0 Å². The quantitative estimate of drug-likeness (QED) is 0.719. The molecule has 1 aromatic carbocycles. The maximum absolute atomic E-state index is 12.9. The van der Waals surface area contributed by atoms with E-state index in [0.29, 0.717) is 5.52 Å². The van der Waals surface area contributed by atoms with E-state index in [1.165, 1.54) is 12.3 Å². The lowest BCUT2D eigenvalue weighted by atomic mass is 9.93. The van der Waals surface area contributed by atoms with Gasteiger partial charge in [-0.25, -0.2) is 0 Å². The van der Waals surface area contributed by atoms with E-state index in [1.807, 2.05) is 0 Å². The molecule has 0 amide bonds. The molecule has 0 radical (unpaired) electrons. The van der Waals surface area contributed by atoms with Gasteiger partial charge in [-0.3, -0.25) is 4.98 Å². The predicted molar refractivity (Wildman–Crippen MR) is 60.8 cm³/mol. The van der Waals surface area contributed by atoms with Crippen molar-refractivity contribution in [3.8, 4) is 0 Å². The van der Waals surface area contributed by atoms with Crippen LogP contribution in [-0.2, 0) is 6.18 Å². The molecule has 90 valence electrons. The van der Waals surface area contributed by atoms with Crippen molar-refractivity contribution in [3.63, 3.8) is 0 Å². The molecule has 0 unspecified atom stereocenters. The molecule has 0 fully saturated rings. The molecule has 2 rings (SSSR count). The van der Waals surface area contributed by atoms with Crippen LogP contribution in [0.5, 0.6) is 0 Å². The van der Waals surface area contributed by atoms with Crippen LogP contribution < -0.4 is 0 Å². The molecule has 0 atom stereocenters. The topological polar surface area (TPSA) is 12.9 Å². The van der Waals surface area contributed by atoms with Crippen molar-refractivity contribution in [2.24, 2.45) is 0 Å². The molecule has 1 aromatic heterocycles. The average Bonchev–Trinajstić information content (AvgIpc) is 2.26. The average molecular weight is 239 g/mol. The zero-order chi connectivity index (χ0) is 12.6. The highest BCUT2D eigenvalue weighted by Crippen LogP contribution is 2.38. The standard InChI is InChI=1S/C13H12F3N/c1-8(2)11-10(13(14,15)16)6-5-9-4-3-7-17-12(9)11/h3-8H,1-2H3. The van der Waals surface area contributed by atoms with Crippen LogP contribution in [0.4, 0.5) is 13.2 Å². The highest BCUT2D eigenvalue weighted by Gasteiger charge is 2.34. The van der Waals surface area contributed by atoms with Crippen molar-refractivity contribution in [2.45, 2.75) is 25.9 Å². The Kier molecular flexibility index (Phi) is 2.81. The van der Waals surface area contributed by atoms with Crippen molar-refractivity contribution in [2.75, 3.05) is 0 Å². The van der Waals surface area contributed by atoms with Gasteiger partial charge in [0.05, 0.1) is 11.1 Å². The molecule has 0 bridgehead atoms. The fraction of sp³-hybridized carbons (Fsp3) is 0.308. The van der Waals surface area contributed by atoms with E-state index >= 15 is 0 Å². The van der Waals surface area contributed by atoms with Crippen LogP contribution in [-0.4, -0.2) is 4.98 Å². The molecule has 17 heavy (non-hydrogen) atoms. The number of pyridine rings is 1. The van der Waals surface area contributed by atoms with Crippen LogP contribution in [0, 0.1) is 0 Å². The second-order valence-corrected chi connectivity index (χ2v) is 4.25. The lowest BCUT2D eigenvalue weighted by Crippen LogP contribution is -2.11. The Labute approximate surface area is 97.3 Å². The molecule has 1 nitrogen and oxygen atoms in total. The number of halogens is 3. The van der Waals surface area contributed by atoms with Gasteiger partial charge in [0.1, 0.15) is 0 Å². The van der Waals surface area contributed by atoms with Gasteiger partial charge in [-0.1, -0.05) is 26.0 Å². The highest BCUT2D eigenvalue weighted by atomic mass is 19.4. The molecule has 1 heterocycles. The summed E-state index contributed by atoms with van der Waals surface area (Å²) < 4.78 is 38.7. The first-order chi connectivity index (χ1) is 7.91. The first kappa shape index (κ1) is 11.9. The zero-order valence-electron chi connectivity index (χ0n) is 9.55. The lowest BCUT2D eigenvalue weighted by molar-refractivity contribution is -0.138. The van der Waals surface area contributed by atoms with Gasteiger partial charge >= 0.3 is 6.18 Å². The maximum Gasteiger partial charge on any atom is 0.416 e. The summed E-state index contributed by atoms with van der Waals surface area (Å²) in [4.78, 5) is 4.08. The van der Waals surface area contributed by atoms with Gasteiger partial charge < -0.3 is 0 Å². The summed E-state index contributed by atoms with van der Waals surface area (Å²) in [5, 5.41) is 0.740.